The topological polar surface area (TPSA) is 32.7 Å². The van der Waals surface area contributed by atoms with Crippen LogP contribution in [0.15, 0.2) is 0 Å². The minimum absolute atomic E-state index is 0.0266. The molecule has 1 saturated heterocycles. The van der Waals surface area contributed by atoms with Gasteiger partial charge in [-0.1, -0.05) is 13.8 Å². The van der Waals surface area contributed by atoms with E-state index in [1.807, 2.05) is 0 Å². The SMILES string of the molecule is CC1CC(C)CC(N2CC(CO)OCC2C)C1. The molecule has 2 aliphatic rings. The highest BCUT2D eigenvalue weighted by Crippen LogP contribution is 2.33. The van der Waals surface area contributed by atoms with E-state index < -0.39 is 0 Å². The number of ether oxygens (including phenoxy) is 1. The molecule has 2 rings (SSSR count). The zero-order valence-corrected chi connectivity index (χ0v) is 11.4. The van der Waals surface area contributed by atoms with E-state index in [0.29, 0.717) is 12.1 Å². The molecule has 0 amide bonds. The Morgan fingerprint density at radius 3 is 2.35 bits per heavy atom. The van der Waals surface area contributed by atoms with Crippen molar-refractivity contribution in [3.63, 3.8) is 0 Å². The van der Waals surface area contributed by atoms with Crippen molar-refractivity contribution in [3.8, 4) is 0 Å². The molecule has 1 N–H and O–H groups in total. The number of hydrogen-bond donors (Lipinski definition) is 1. The molecule has 0 aromatic carbocycles. The van der Waals surface area contributed by atoms with Crippen molar-refractivity contribution >= 4 is 0 Å². The van der Waals surface area contributed by atoms with Crippen LogP contribution in [0.25, 0.3) is 0 Å². The molecule has 0 spiro atoms. The molecule has 4 atom stereocenters. The second-order valence-corrected chi connectivity index (χ2v) is 6.26. The lowest BCUT2D eigenvalue weighted by molar-refractivity contribution is -0.0992. The Labute approximate surface area is 105 Å². The Morgan fingerprint density at radius 1 is 1.12 bits per heavy atom. The summed E-state index contributed by atoms with van der Waals surface area (Å²) in [5, 5.41) is 9.25. The zero-order chi connectivity index (χ0) is 12.4. The lowest BCUT2D eigenvalue weighted by Crippen LogP contribution is -2.55. The van der Waals surface area contributed by atoms with Crippen LogP contribution in [0, 0.1) is 11.8 Å². The van der Waals surface area contributed by atoms with Crippen LogP contribution in [-0.2, 0) is 4.74 Å². The summed E-state index contributed by atoms with van der Waals surface area (Å²) in [6.07, 6.45) is 4.02. The molecule has 100 valence electrons. The third-order valence-electron chi connectivity index (χ3n) is 4.38. The van der Waals surface area contributed by atoms with Crippen molar-refractivity contribution in [2.75, 3.05) is 19.8 Å². The van der Waals surface area contributed by atoms with Crippen LogP contribution in [0.1, 0.15) is 40.0 Å². The summed E-state index contributed by atoms with van der Waals surface area (Å²) in [6, 6.07) is 1.20. The molecule has 3 heteroatoms. The van der Waals surface area contributed by atoms with Gasteiger partial charge >= 0.3 is 0 Å². The normalized spacial score (nSPS) is 44.8. The van der Waals surface area contributed by atoms with Gasteiger partial charge in [-0.2, -0.15) is 0 Å². The number of rotatable bonds is 2. The summed E-state index contributed by atoms with van der Waals surface area (Å²) in [4.78, 5) is 2.58. The van der Waals surface area contributed by atoms with Crippen LogP contribution < -0.4 is 0 Å². The summed E-state index contributed by atoms with van der Waals surface area (Å²) in [5.41, 5.74) is 0. The average Bonchev–Trinajstić information content (AvgIpc) is 2.28. The number of morpholine rings is 1. The van der Waals surface area contributed by atoms with Gasteiger partial charge in [-0.3, -0.25) is 4.90 Å². The van der Waals surface area contributed by atoms with Gasteiger partial charge in [-0.25, -0.2) is 0 Å². The molecule has 1 aliphatic heterocycles. The van der Waals surface area contributed by atoms with E-state index in [1.165, 1.54) is 19.3 Å². The molecular formula is C14H27NO2. The fraction of sp³-hybridized carbons (Fsp3) is 1.00. The van der Waals surface area contributed by atoms with Crippen molar-refractivity contribution in [2.24, 2.45) is 11.8 Å². The van der Waals surface area contributed by atoms with E-state index >= 15 is 0 Å². The number of hydrogen-bond acceptors (Lipinski definition) is 3. The smallest absolute Gasteiger partial charge is 0.0933 e. The number of nitrogens with zero attached hydrogens (tertiary/aromatic N) is 1. The molecule has 17 heavy (non-hydrogen) atoms. The van der Waals surface area contributed by atoms with Gasteiger partial charge in [0.05, 0.1) is 19.3 Å². The van der Waals surface area contributed by atoms with Gasteiger partial charge in [0.2, 0.25) is 0 Å². The summed E-state index contributed by atoms with van der Waals surface area (Å²) in [7, 11) is 0. The molecular weight excluding hydrogens is 214 g/mol. The Morgan fingerprint density at radius 2 is 1.76 bits per heavy atom. The maximum atomic E-state index is 9.25. The monoisotopic (exact) mass is 241 g/mol. The Kier molecular flexibility index (Phi) is 4.45. The van der Waals surface area contributed by atoms with E-state index in [1.54, 1.807) is 0 Å². The second-order valence-electron chi connectivity index (χ2n) is 6.26. The van der Waals surface area contributed by atoms with Crippen molar-refractivity contribution < 1.29 is 9.84 Å². The molecule has 1 saturated carbocycles. The van der Waals surface area contributed by atoms with Crippen molar-refractivity contribution in [1.82, 2.24) is 4.90 Å². The quantitative estimate of drug-likeness (QED) is 0.801. The first-order valence-electron chi connectivity index (χ1n) is 7.08. The first-order valence-corrected chi connectivity index (χ1v) is 7.08. The highest BCUT2D eigenvalue weighted by atomic mass is 16.5. The van der Waals surface area contributed by atoms with E-state index in [-0.39, 0.29) is 12.7 Å². The minimum atomic E-state index is 0.0266. The lowest BCUT2D eigenvalue weighted by atomic mass is 9.79. The van der Waals surface area contributed by atoms with Crippen LogP contribution in [0.3, 0.4) is 0 Å². The summed E-state index contributed by atoms with van der Waals surface area (Å²) in [5.74, 6) is 1.68. The average molecular weight is 241 g/mol. The first-order chi connectivity index (χ1) is 8.10. The molecule has 0 radical (unpaired) electrons. The maximum absolute atomic E-state index is 9.25. The number of aliphatic hydroxyl groups excluding tert-OH is 1. The largest absolute Gasteiger partial charge is 0.394 e. The lowest BCUT2D eigenvalue weighted by Gasteiger charge is -2.46. The standard InChI is InChI=1S/C14H27NO2/c1-10-4-11(2)6-13(5-10)15-7-14(8-16)17-9-12(15)3/h10-14,16H,4-9H2,1-3H3. The van der Waals surface area contributed by atoms with Crippen molar-refractivity contribution in [1.29, 1.82) is 0 Å². The molecule has 0 aromatic rings. The van der Waals surface area contributed by atoms with Gasteiger partial charge in [0.1, 0.15) is 0 Å². The van der Waals surface area contributed by atoms with Gasteiger partial charge in [0.15, 0.2) is 0 Å². The third-order valence-corrected chi connectivity index (χ3v) is 4.38. The van der Waals surface area contributed by atoms with Crippen LogP contribution in [0.4, 0.5) is 0 Å². The summed E-state index contributed by atoms with van der Waals surface area (Å²) < 4.78 is 5.62. The third kappa shape index (κ3) is 3.21. The predicted octanol–water partition coefficient (Wildman–Crippen LogP) is 1.89. The van der Waals surface area contributed by atoms with Gasteiger partial charge in [0.25, 0.3) is 0 Å². The van der Waals surface area contributed by atoms with Crippen LogP contribution in [0.2, 0.25) is 0 Å². The minimum Gasteiger partial charge on any atom is -0.394 e. The van der Waals surface area contributed by atoms with Crippen LogP contribution in [-0.4, -0.2) is 48.0 Å². The maximum Gasteiger partial charge on any atom is 0.0933 e. The van der Waals surface area contributed by atoms with E-state index in [0.717, 1.165) is 25.0 Å². The predicted molar refractivity (Wildman–Crippen MR) is 69.0 cm³/mol. The molecule has 1 heterocycles. The first kappa shape index (κ1) is 13.3. The van der Waals surface area contributed by atoms with Crippen LogP contribution >= 0.6 is 0 Å². The fourth-order valence-electron chi connectivity index (χ4n) is 3.63. The molecule has 1 aliphatic carbocycles. The highest BCUT2D eigenvalue weighted by Gasteiger charge is 2.34. The molecule has 4 unspecified atom stereocenters. The van der Waals surface area contributed by atoms with Gasteiger partial charge in [0, 0.05) is 18.6 Å². The van der Waals surface area contributed by atoms with E-state index in [4.69, 9.17) is 4.74 Å². The highest BCUT2D eigenvalue weighted by molar-refractivity contribution is 4.87. The van der Waals surface area contributed by atoms with Crippen molar-refractivity contribution in [3.05, 3.63) is 0 Å². The second kappa shape index (κ2) is 5.68. The number of aliphatic hydroxyl groups is 1. The Bertz CT molecular complexity index is 236. The van der Waals surface area contributed by atoms with Crippen molar-refractivity contribution in [2.45, 2.75) is 58.2 Å². The summed E-state index contributed by atoms with van der Waals surface area (Å²) >= 11 is 0. The van der Waals surface area contributed by atoms with E-state index in [2.05, 4.69) is 25.7 Å². The van der Waals surface area contributed by atoms with Gasteiger partial charge < -0.3 is 9.84 Å². The Hall–Kier alpha value is -0.120. The Balaban J connectivity index is 1.98. The zero-order valence-electron chi connectivity index (χ0n) is 11.4. The summed E-state index contributed by atoms with van der Waals surface area (Å²) in [6.45, 7) is 8.82. The van der Waals surface area contributed by atoms with Crippen LogP contribution in [0.5, 0.6) is 0 Å². The van der Waals surface area contributed by atoms with Gasteiger partial charge in [-0.15, -0.1) is 0 Å². The van der Waals surface area contributed by atoms with Gasteiger partial charge in [-0.05, 0) is 38.0 Å². The van der Waals surface area contributed by atoms with E-state index in [9.17, 15) is 5.11 Å². The molecule has 0 bridgehead atoms. The fourth-order valence-corrected chi connectivity index (χ4v) is 3.63. The molecule has 2 fully saturated rings. The molecule has 0 aromatic heterocycles. The molecule has 3 nitrogen and oxygen atoms in total.